The summed E-state index contributed by atoms with van der Waals surface area (Å²) >= 11 is 0. The number of benzene rings is 2. The van der Waals surface area contributed by atoms with Crippen LogP contribution >= 0.6 is 0 Å². The van der Waals surface area contributed by atoms with E-state index < -0.39 is 0 Å². The van der Waals surface area contributed by atoms with Crippen LogP contribution in [-0.4, -0.2) is 38.2 Å². The number of likely N-dealkylation sites (tertiary alicyclic amines) is 1. The molecule has 5 heteroatoms. The number of nitrogens with zero attached hydrogens (tertiary/aromatic N) is 1. The van der Waals surface area contributed by atoms with Crippen molar-refractivity contribution in [3.63, 3.8) is 0 Å². The first kappa shape index (κ1) is 20.1. The molecule has 1 aliphatic heterocycles. The zero-order valence-electron chi connectivity index (χ0n) is 16.9. The van der Waals surface area contributed by atoms with Crippen LogP contribution in [0.3, 0.4) is 0 Å². The van der Waals surface area contributed by atoms with Gasteiger partial charge in [0.2, 0.25) is 5.91 Å². The highest BCUT2D eigenvalue weighted by Crippen LogP contribution is 2.37. The van der Waals surface area contributed by atoms with Crippen LogP contribution in [0.4, 0.5) is 0 Å². The number of ether oxygens (including phenoxy) is 3. The van der Waals surface area contributed by atoms with E-state index in [1.165, 1.54) is 0 Å². The third kappa shape index (κ3) is 4.41. The lowest BCUT2D eigenvalue weighted by atomic mass is 10.0. The van der Waals surface area contributed by atoms with Gasteiger partial charge in [-0.3, -0.25) is 4.79 Å². The van der Waals surface area contributed by atoms with Crippen LogP contribution in [-0.2, 0) is 11.2 Å². The molecule has 1 atom stereocenters. The molecule has 5 nitrogen and oxygen atoms in total. The van der Waals surface area contributed by atoms with Crippen molar-refractivity contribution in [2.75, 3.05) is 27.4 Å². The summed E-state index contributed by atoms with van der Waals surface area (Å²) < 4.78 is 16.4. The van der Waals surface area contributed by atoms with E-state index in [0.717, 1.165) is 36.3 Å². The summed E-state index contributed by atoms with van der Waals surface area (Å²) in [4.78, 5) is 15.0. The highest BCUT2D eigenvalue weighted by Gasteiger charge is 2.30. The Balaban J connectivity index is 1.70. The van der Waals surface area contributed by atoms with Crippen LogP contribution in [0.2, 0.25) is 0 Å². The molecule has 1 aliphatic rings. The maximum absolute atomic E-state index is 13.0. The molecule has 0 spiro atoms. The second kappa shape index (κ2) is 9.49. The molecule has 0 bridgehead atoms. The van der Waals surface area contributed by atoms with Crippen molar-refractivity contribution < 1.29 is 19.0 Å². The van der Waals surface area contributed by atoms with Crippen molar-refractivity contribution in [3.05, 3.63) is 53.6 Å². The summed E-state index contributed by atoms with van der Waals surface area (Å²) in [6.45, 7) is 3.39. The van der Waals surface area contributed by atoms with E-state index in [1.54, 1.807) is 14.2 Å². The zero-order valence-corrected chi connectivity index (χ0v) is 16.9. The van der Waals surface area contributed by atoms with Crippen LogP contribution in [0.5, 0.6) is 17.2 Å². The van der Waals surface area contributed by atoms with Gasteiger partial charge in [0.15, 0.2) is 11.5 Å². The molecular formula is C23H29NO4. The smallest absolute Gasteiger partial charge is 0.223 e. The summed E-state index contributed by atoms with van der Waals surface area (Å²) in [6.07, 6.45) is 3.15. The highest BCUT2D eigenvalue weighted by atomic mass is 16.5. The highest BCUT2D eigenvalue weighted by molar-refractivity contribution is 5.77. The lowest BCUT2D eigenvalue weighted by Crippen LogP contribution is -2.30. The number of amides is 1. The Morgan fingerprint density at radius 3 is 2.61 bits per heavy atom. The minimum atomic E-state index is 0.0921. The maximum Gasteiger partial charge on any atom is 0.223 e. The summed E-state index contributed by atoms with van der Waals surface area (Å²) in [5, 5.41) is 0. The Kier molecular flexibility index (Phi) is 6.80. The Hall–Kier alpha value is -2.69. The summed E-state index contributed by atoms with van der Waals surface area (Å²) in [5.41, 5.74) is 2.18. The fourth-order valence-electron chi connectivity index (χ4n) is 3.86. The third-order valence-corrected chi connectivity index (χ3v) is 5.25. The summed E-state index contributed by atoms with van der Waals surface area (Å²) in [6, 6.07) is 14.0. The number of rotatable bonds is 8. The largest absolute Gasteiger partial charge is 0.494 e. The predicted molar refractivity (Wildman–Crippen MR) is 109 cm³/mol. The zero-order chi connectivity index (χ0) is 19.9. The Bertz CT molecular complexity index is 805. The molecule has 150 valence electrons. The van der Waals surface area contributed by atoms with Crippen LogP contribution in [0.25, 0.3) is 0 Å². The van der Waals surface area contributed by atoms with Gasteiger partial charge in [-0.25, -0.2) is 0 Å². The van der Waals surface area contributed by atoms with Gasteiger partial charge in [0.05, 0.1) is 26.9 Å². The minimum absolute atomic E-state index is 0.0921. The fourth-order valence-corrected chi connectivity index (χ4v) is 3.86. The van der Waals surface area contributed by atoms with E-state index >= 15 is 0 Å². The van der Waals surface area contributed by atoms with E-state index in [-0.39, 0.29) is 11.9 Å². The number of para-hydroxylation sites is 1. The normalized spacial score (nSPS) is 16.1. The quantitative estimate of drug-likeness (QED) is 0.678. The molecule has 28 heavy (non-hydrogen) atoms. The van der Waals surface area contributed by atoms with Crippen LogP contribution in [0.1, 0.15) is 43.4 Å². The van der Waals surface area contributed by atoms with Gasteiger partial charge in [-0.2, -0.15) is 0 Å². The Morgan fingerprint density at radius 1 is 1.07 bits per heavy atom. The second-order valence-electron chi connectivity index (χ2n) is 6.90. The number of carbonyl (C=O) groups excluding carboxylic acids is 1. The lowest BCUT2D eigenvalue weighted by molar-refractivity contribution is -0.132. The van der Waals surface area contributed by atoms with Crippen LogP contribution < -0.4 is 14.2 Å². The van der Waals surface area contributed by atoms with Crippen molar-refractivity contribution in [2.45, 2.75) is 38.6 Å². The van der Waals surface area contributed by atoms with Crippen molar-refractivity contribution in [3.8, 4) is 17.2 Å². The van der Waals surface area contributed by atoms with Gasteiger partial charge in [0, 0.05) is 13.0 Å². The molecule has 1 unspecified atom stereocenters. The van der Waals surface area contributed by atoms with Gasteiger partial charge in [-0.15, -0.1) is 0 Å². The molecule has 1 saturated heterocycles. The van der Waals surface area contributed by atoms with E-state index in [4.69, 9.17) is 14.2 Å². The van der Waals surface area contributed by atoms with Crippen LogP contribution in [0, 0.1) is 0 Å². The summed E-state index contributed by atoms with van der Waals surface area (Å²) in [7, 11) is 3.26. The third-order valence-electron chi connectivity index (χ3n) is 5.25. The average Bonchev–Trinajstić information content (AvgIpc) is 3.22. The SMILES string of the molecule is CCOc1ccccc1CCC(=O)N1CCCC1c1ccc(OC)c(OC)c1. The van der Waals surface area contributed by atoms with Gasteiger partial charge in [0.1, 0.15) is 5.75 Å². The van der Waals surface area contributed by atoms with E-state index in [2.05, 4.69) is 0 Å². The van der Waals surface area contributed by atoms with Gasteiger partial charge < -0.3 is 19.1 Å². The number of methoxy groups -OCH3 is 2. The van der Waals surface area contributed by atoms with E-state index in [1.807, 2.05) is 54.3 Å². The molecule has 1 heterocycles. The standard InChI is InChI=1S/C23H29NO4/c1-4-28-20-10-6-5-8-17(20)12-14-23(25)24-15-7-9-19(24)18-11-13-21(26-2)22(16-18)27-3/h5-6,8,10-11,13,16,19H,4,7,9,12,14-15H2,1-3H3. The minimum Gasteiger partial charge on any atom is -0.494 e. The number of hydrogen-bond acceptors (Lipinski definition) is 4. The molecule has 1 amide bonds. The van der Waals surface area contributed by atoms with E-state index in [0.29, 0.717) is 30.9 Å². The summed E-state index contributed by atoms with van der Waals surface area (Å²) in [5.74, 6) is 2.46. The maximum atomic E-state index is 13.0. The molecule has 0 aliphatic carbocycles. The molecule has 0 N–H and O–H groups in total. The molecule has 0 saturated carbocycles. The topological polar surface area (TPSA) is 48.0 Å². The van der Waals surface area contributed by atoms with Crippen molar-refractivity contribution >= 4 is 5.91 Å². The molecule has 2 aromatic rings. The van der Waals surface area contributed by atoms with Gasteiger partial charge >= 0.3 is 0 Å². The molecule has 1 fully saturated rings. The monoisotopic (exact) mass is 383 g/mol. The molecule has 0 aromatic heterocycles. The first-order valence-electron chi connectivity index (χ1n) is 9.90. The Morgan fingerprint density at radius 2 is 1.86 bits per heavy atom. The molecular weight excluding hydrogens is 354 g/mol. The number of aryl methyl sites for hydroxylation is 1. The lowest BCUT2D eigenvalue weighted by Gasteiger charge is -2.26. The van der Waals surface area contributed by atoms with Crippen molar-refractivity contribution in [2.24, 2.45) is 0 Å². The molecule has 2 aromatic carbocycles. The van der Waals surface area contributed by atoms with E-state index in [9.17, 15) is 4.79 Å². The predicted octanol–water partition coefficient (Wildman–Crippen LogP) is 4.40. The van der Waals surface area contributed by atoms with Crippen molar-refractivity contribution in [1.29, 1.82) is 0 Å². The van der Waals surface area contributed by atoms with Gasteiger partial charge in [0.25, 0.3) is 0 Å². The van der Waals surface area contributed by atoms with Crippen LogP contribution in [0.15, 0.2) is 42.5 Å². The Labute approximate surface area is 167 Å². The first-order chi connectivity index (χ1) is 13.7. The second-order valence-corrected chi connectivity index (χ2v) is 6.90. The fraction of sp³-hybridized carbons (Fsp3) is 0.435. The number of carbonyl (C=O) groups is 1. The van der Waals surface area contributed by atoms with Gasteiger partial charge in [-0.1, -0.05) is 24.3 Å². The first-order valence-corrected chi connectivity index (χ1v) is 9.90. The van der Waals surface area contributed by atoms with Gasteiger partial charge in [-0.05, 0) is 55.5 Å². The average molecular weight is 383 g/mol. The number of hydrogen-bond donors (Lipinski definition) is 0. The molecule has 0 radical (unpaired) electrons. The molecule has 3 rings (SSSR count). The van der Waals surface area contributed by atoms with Crippen molar-refractivity contribution in [1.82, 2.24) is 4.90 Å².